The minimum atomic E-state index is 0.159. The van der Waals surface area contributed by atoms with E-state index < -0.39 is 0 Å². The van der Waals surface area contributed by atoms with Crippen molar-refractivity contribution < 1.29 is 4.79 Å². The highest BCUT2D eigenvalue weighted by atomic mass is 16.2. The fourth-order valence-corrected chi connectivity index (χ4v) is 2.97. The maximum atomic E-state index is 12.8. The Morgan fingerprint density at radius 3 is 2.48 bits per heavy atom. The molecule has 3 rings (SSSR count). The third kappa shape index (κ3) is 3.98. The van der Waals surface area contributed by atoms with Gasteiger partial charge < -0.3 is 4.90 Å². The third-order valence-electron chi connectivity index (χ3n) is 4.72. The van der Waals surface area contributed by atoms with Crippen LogP contribution in [0.5, 0.6) is 0 Å². The molecule has 0 spiro atoms. The Hall–Kier alpha value is -2.16. The van der Waals surface area contributed by atoms with Crippen molar-refractivity contribution in [3.8, 4) is 0 Å². The van der Waals surface area contributed by atoms with Crippen molar-refractivity contribution >= 4 is 5.91 Å². The number of rotatable bonds is 6. The van der Waals surface area contributed by atoms with Crippen LogP contribution in [0.1, 0.15) is 31.5 Å². The minimum absolute atomic E-state index is 0.159. The van der Waals surface area contributed by atoms with Gasteiger partial charge in [0.1, 0.15) is 0 Å². The summed E-state index contributed by atoms with van der Waals surface area (Å²) in [7, 11) is 0. The lowest BCUT2D eigenvalue weighted by Crippen LogP contribution is -2.35. The summed E-state index contributed by atoms with van der Waals surface area (Å²) >= 11 is 0. The van der Waals surface area contributed by atoms with Crippen molar-refractivity contribution in [2.24, 2.45) is 11.3 Å². The molecular weight excluding hydrogens is 284 g/mol. The second kappa shape index (κ2) is 6.53. The van der Waals surface area contributed by atoms with Crippen LogP contribution in [-0.4, -0.2) is 22.3 Å². The van der Waals surface area contributed by atoms with E-state index >= 15 is 0 Å². The molecule has 0 N–H and O–H groups in total. The largest absolute Gasteiger partial charge is 0.336 e. The second-order valence-corrected chi connectivity index (χ2v) is 7.06. The normalized spacial score (nSPS) is 18.4. The van der Waals surface area contributed by atoms with Crippen LogP contribution in [0.4, 0.5) is 0 Å². The molecule has 2 aromatic rings. The highest BCUT2D eigenvalue weighted by Crippen LogP contribution is 2.52. The standard InChI is InChI=1S/C20H24N2O/c1-20(2)14-18(20)19(23)22(15-17-10-6-7-12-21-17)13-11-16-8-4-3-5-9-16/h3-10,12,18H,11,13-15H2,1-2H3. The molecular formula is C20H24N2O. The molecule has 0 saturated heterocycles. The summed E-state index contributed by atoms with van der Waals surface area (Å²) in [6.07, 6.45) is 3.67. The first-order chi connectivity index (χ1) is 11.1. The molecule has 0 bridgehead atoms. The van der Waals surface area contributed by atoms with E-state index in [1.54, 1.807) is 6.20 Å². The summed E-state index contributed by atoms with van der Waals surface area (Å²) in [6.45, 7) is 5.68. The Labute approximate surface area is 138 Å². The molecule has 23 heavy (non-hydrogen) atoms. The van der Waals surface area contributed by atoms with E-state index in [1.807, 2.05) is 41.3 Å². The Balaban J connectivity index is 1.69. The zero-order chi connectivity index (χ0) is 16.3. The average molecular weight is 308 g/mol. The minimum Gasteiger partial charge on any atom is -0.336 e. The van der Waals surface area contributed by atoms with E-state index in [0.29, 0.717) is 6.54 Å². The SMILES string of the molecule is CC1(C)CC1C(=O)N(CCc1ccccc1)Cc1ccccn1. The number of nitrogens with zero attached hydrogens (tertiary/aromatic N) is 2. The average Bonchev–Trinajstić information content (AvgIpc) is 3.21. The quantitative estimate of drug-likeness (QED) is 0.815. The molecule has 1 fully saturated rings. The summed E-state index contributed by atoms with van der Waals surface area (Å²) in [5.41, 5.74) is 2.38. The summed E-state index contributed by atoms with van der Waals surface area (Å²) in [4.78, 5) is 19.2. The van der Waals surface area contributed by atoms with Crippen molar-refractivity contribution in [2.45, 2.75) is 33.2 Å². The van der Waals surface area contributed by atoms with Gasteiger partial charge >= 0.3 is 0 Å². The van der Waals surface area contributed by atoms with Gasteiger partial charge in [0.25, 0.3) is 0 Å². The number of carbonyl (C=O) groups excluding carboxylic acids is 1. The molecule has 1 aliphatic carbocycles. The van der Waals surface area contributed by atoms with Crippen LogP contribution in [0.25, 0.3) is 0 Å². The third-order valence-corrected chi connectivity index (χ3v) is 4.72. The lowest BCUT2D eigenvalue weighted by molar-refractivity contribution is -0.134. The van der Waals surface area contributed by atoms with Gasteiger partial charge in [-0.3, -0.25) is 9.78 Å². The first kappa shape index (κ1) is 15.7. The lowest BCUT2D eigenvalue weighted by atomic mass is 10.1. The molecule has 1 aliphatic rings. The fraction of sp³-hybridized carbons (Fsp3) is 0.400. The topological polar surface area (TPSA) is 33.2 Å². The molecule has 1 atom stereocenters. The van der Waals surface area contributed by atoms with Gasteiger partial charge in [-0.25, -0.2) is 0 Å². The smallest absolute Gasteiger partial charge is 0.226 e. The summed E-state index contributed by atoms with van der Waals surface area (Å²) in [5.74, 6) is 0.443. The van der Waals surface area contributed by atoms with E-state index in [9.17, 15) is 4.79 Å². The van der Waals surface area contributed by atoms with Crippen LogP contribution in [0.2, 0.25) is 0 Å². The van der Waals surface area contributed by atoms with Crippen LogP contribution in [0.3, 0.4) is 0 Å². The van der Waals surface area contributed by atoms with Gasteiger partial charge in [0, 0.05) is 18.7 Å². The van der Waals surface area contributed by atoms with Crippen LogP contribution in [-0.2, 0) is 17.8 Å². The monoisotopic (exact) mass is 308 g/mol. The Bertz CT molecular complexity index is 652. The summed E-state index contributed by atoms with van der Waals surface area (Å²) in [6, 6.07) is 16.2. The van der Waals surface area contributed by atoms with E-state index in [-0.39, 0.29) is 17.2 Å². The number of benzene rings is 1. The van der Waals surface area contributed by atoms with Gasteiger partial charge in [0.15, 0.2) is 0 Å². The van der Waals surface area contributed by atoms with Crippen molar-refractivity contribution in [1.82, 2.24) is 9.88 Å². The van der Waals surface area contributed by atoms with Crippen molar-refractivity contribution in [3.63, 3.8) is 0 Å². The van der Waals surface area contributed by atoms with E-state index in [0.717, 1.165) is 25.1 Å². The second-order valence-electron chi connectivity index (χ2n) is 7.06. The first-order valence-electron chi connectivity index (χ1n) is 8.29. The van der Waals surface area contributed by atoms with Gasteiger partial charge in [-0.05, 0) is 36.0 Å². The number of amides is 1. The molecule has 1 heterocycles. The highest BCUT2D eigenvalue weighted by molar-refractivity contribution is 5.82. The molecule has 1 aromatic heterocycles. The Morgan fingerprint density at radius 2 is 1.87 bits per heavy atom. The highest BCUT2D eigenvalue weighted by Gasteiger charge is 2.51. The lowest BCUT2D eigenvalue weighted by Gasteiger charge is -2.23. The van der Waals surface area contributed by atoms with Crippen LogP contribution in [0.15, 0.2) is 54.7 Å². The van der Waals surface area contributed by atoms with E-state index in [4.69, 9.17) is 0 Å². The van der Waals surface area contributed by atoms with Crippen molar-refractivity contribution in [2.75, 3.05) is 6.54 Å². The Morgan fingerprint density at radius 1 is 1.17 bits per heavy atom. The zero-order valence-corrected chi connectivity index (χ0v) is 13.9. The number of pyridine rings is 1. The predicted molar refractivity (Wildman–Crippen MR) is 91.7 cm³/mol. The zero-order valence-electron chi connectivity index (χ0n) is 13.9. The molecule has 3 heteroatoms. The maximum absolute atomic E-state index is 12.8. The Kier molecular flexibility index (Phi) is 4.46. The van der Waals surface area contributed by atoms with Crippen molar-refractivity contribution in [1.29, 1.82) is 0 Å². The summed E-state index contributed by atoms with van der Waals surface area (Å²) < 4.78 is 0. The predicted octanol–water partition coefficient (Wildman–Crippen LogP) is 3.70. The molecule has 3 nitrogen and oxygen atoms in total. The first-order valence-corrected chi connectivity index (χ1v) is 8.29. The number of carbonyl (C=O) groups is 1. The molecule has 0 radical (unpaired) electrons. The van der Waals surface area contributed by atoms with Gasteiger partial charge in [0.05, 0.1) is 12.2 Å². The summed E-state index contributed by atoms with van der Waals surface area (Å²) in [5, 5.41) is 0. The molecule has 120 valence electrons. The number of hydrogen-bond donors (Lipinski definition) is 0. The molecule has 1 amide bonds. The fourth-order valence-electron chi connectivity index (χ4n) is 2.97. The van der Waals surface area contributed by atoms with Gasteiger partial charge in [-0.15, -0.1) is 0 Å². The van der Waals surface area contributed by atoms with E-state index in [2.05, 4.69) is 31.0 Å². The van der Waals surface area contributed by atoms with Crippen LogP contribution >= 0.6 is 0 Å². The molecule has 1 aromatic carbocycles. The van der Waals surface area contributed by atoms with Gasteiger partial charge in [-0.2, -0.15) is 0 Å². The van der Waals surface area contributed by atoms with Crippen molar-refractivity contribution in [3.05, 3.63) is 66.0 Å². The number of aromatic nitrogens is 1. The van der Waals surface area contributed by atoms with Crippen LogP contribution in [0, 0.1) is 11.3 Å². The van der Waals surface area contributed by atoms with Gasteiger partial charge in [-0.1, -0.05) is 50.2 Å². The molecule has 1 unspecified atom stereocenters. The van der Waals surface area contributed by atoms with Gasteiger partial charge in [0.2, 0.25) is 5.91 Å². The molecule has 0 aliphatic heterocycles. The number of hydrogen-bond acceptors (Lipinski definition) is 2. The molecule has 1 saturated carbocycles. The van der Waals surface area contributed by atoms with Crippen LogP contribution < -0.4 is 0 Å². The maximum Gasteiger partial charge on any atom is 0.226 e. The van der Waals surface area contributed by atoms with E-state index in [1.165, 1.54) is 5.56 Å².